The van der Waals surface area contributed by atoms with Crippen LogP contribution < -0.4 is 10.6 Å². The molecule has 1 fully saturated rings. The van der Waals surface area contributed by atoms with E-state index < -0.39 is 0 Å². The minimum absolute atomic E-state index is 0.0220. The van der Waals surface area contributed by atoms with Gasteiger partial charge in [0.15, 0.2) is 0 Å². The van der Waals surface area contributed by atoms with Crippen LogP contribution in [0.2, 0.25) is 0 Å². The predicted octanol–water partition coefficient (Wildman–Crippen LogP) is 3.69. The number of amides is 2. The van der Waals surface area contributed by atoms with Crippen LogP contribution in [-0.2, 0) is 0 Å². The SMILES string of the molecule is CC1=C(C)SC(=C2SC3=C(O)NC(=O)NC3S2)S1. The van der Waals surface area contributed by atoms with Gasteiger partial charge < -0.3 is 10.4 Å². The quantitative estimate of drug-likeness (QED) is 0.633. The summed E-state index contributed by atoms with van der Waals surface area (Å²) in [5.74, 6) is -0.0220. The number of aliphatic hydroxyl groups is 1. The molecule has 3 N–H and O–H groups in total. The number of carbonyl (C=O) groups excluding carboxylic acids is 1. The van der Waals surface area contributed by atoms with Gasteiger partial charge in [-0.15, -0.1) is 0 Å². The monoisotopic (exact) mass is 318 g/mol. The smallest absolute Gasteiger partial charge is 0.322 e. The second kappa shape index (κ2) is 4.66. The molecule has 0 spiro atoms. The van der Waals surface area contributed by atoms with Crippen molar-refractivity contribution in [3.05, 3.63) is 29.1 Å². The van der Waals surface area contributed by atoms with Crippen molar-refractivity contribution in [1.29, 1.82) is 0 Å². The number of rotatable bonds is 0. The summed E-state index contributed by atoms with van der Waals surface area (Å²) in [6, 6.07) is -0.349. The number of thioether (sulfide) groups is 4. The summed E-state index contributed by atoms with van der Waals surface area (Å²) in [7, 11) is 0. The highest BCUT2D eigenvalue weighted by Gasteiger charge is 2.37. The Morgan fingerprint density at radius 2 is 1.78 bits per heavy atom. The van der Waals surface area contributed by atoms with Gasteiger partial charge in [-0.1, -0.05) is 47.0 Å². The molecule has 3 heterocycles. The van der Waals surface area contributed by atoms with Crippen LogP contribution in [-0.4, -0.2) is 16.5 Å². The number of hydrogen-bond acceptors (Lipinski definition) is 6. The first kappa shape index (κ1) is 12.7. The highest BCUT2D eigenvalue weighted by Crippen LogP contribution is 2.60. The van der Waals surface area contributed by atoms with E-state index in [4.69, 9.17) is 0 Å². The van der Waals surface area contributed by atoms with Crippen molar-refractivity contribution < 1.29 is 9.90 Å². The van der Waals surface area contributed by atoms with Crippen molar-refractivity contribution in [2.75, 3.05) is 0 Å². The van der Waals surface area contributed by atoms with Crippen molar-refractivity contribution in [3.63, 3.8) is 0 Å². The average molecular weight is 318 g/mol. The summed E-state index contributed by atoms with van der Waals surface area (Å²) in [6.45, 7) is 4.22. The van der Waals surface area contributed by atoms with Crippen molar-refractivity contribution in [2.45, 2.75) is 19.2 Å². The first-order valence-corrected chi connectivity index (χ1v) is 8.50. The molecule has 0 saturated carbocycles. The number of hydrogen-bond donors (Lipinski definition) is 3. The van der Waals surface area contributed by atoms with E-state index in [1.807, 2.05) is 0 Å². The van der Waals surface area contributed by atoms with Gasteiger partial charge in [0, 0.05) is 0 Å². The molecular formula is C10H10N2O2S4. The fraction of sp³-hybridized carbons (Fsp3) is 0.300. The fourth-order valence-corrected chi connectivity index (χ4v) is 7.09. The average Bonchev–Trinajstić information content (AvgIpc) is 2.84. The minimum atomic E-state index is -0.349. The first-order valence-electron chi connectivity index (χ1n) is 5.17. The lowest BCUT2D eigenvalue weighted by Gasteiger charge is -2.19. The Labute approximate surface area is 121 Å². The third-order valence-electron chi connectivity index (χ3n) is 2.55. The molecule has 0 aromatic carbocycles. The zero-order chi connectivity index (χ0) is 12.9. The second-order valence-corrected chi connectivity index (χ2v) is 8.94. The Kier molecular flexibility index (Phi) is 3.29. The fourth-order valence-electron chi connectivity index (χ4n) is 1.55. The van der Waals surface area contributed by atoms with Crippen LogP contribution in [0.5, 0.6) is 0 Å². The number of urea groups is 1. The molecule has 3 aliphatic heterocycles. The molecule has 0 radical (unpaired) electrons. The van der Waals surface area contributed by atoms with Crippen molar-refractivity contribution in [3.8, 4) is 0 Å². The molecular weight excluding hydrogens is 308 g/mol. The van der Waals surface area contributed by atoms with Crippen LogP contribution in [0.15, 0.2) is 29.1 Å². The topological polar surface area (TPSA) is 61.4 Å². The highest BCUT2D eigenvalue weighted by molar-refractivity contribution is 8.33. The molecule has 2 amide bonds. The molecule has 0 bridgehead atoms. The Hall–Kier alpha value is -0.310. The summed E-state index contributed by atoms with van der Waals surface area (Å²) >= 11 is 6.64. The molecule has 3 aliphatic rings. The van der Waals surface area contributed by atoms with Gasteiger partial charge in [0.1, 0.15) is 5.37 Å². The van der Waals surface area contributed by atoms with Gasteiger partial charge in [-0.05, 0) is 23.7 Å². The largest absolute Gasteiger partial charge is 0.494 e. The van der Waals surface area contributed by atoms with E-state index in [2.05, 4.69) is 24.5 Å². The number of nitrogens with one attached hydrogen (secondary N) is 2. The third-order valence-corrected chi connectivity index (χ3v) is 8.43. The van der Waals surface area contributed by atoms with Crippen LogP contribution in [0.4, 0.5) is 4.79 Å². The lowest BCUT2D eigenvalue weighted by atomic mass is 10.5. The molecule has 1 atom stereocenters. The maximum absolute atomic E-state index is 11.3. The summed E-state index contributed by atoms with van der Waals surface area (Å²) in [4.78, 5) is 14.7. The molecule has 1 saturated heterocycles. The van der Waals surface area contributed by atoms with Gasteiger partial charge in [-0.2, -0.15) is 0 Å². The van der Waals surface area contributed by atoms with E-state index in [1.165, 1.54) is 25.8 Å². The molecule has 0 aromatic heterocycles. The molecule has 8 heteroatoms. The second-order valence-electron chi connectivity index (χ2n) is 3.80. The normalized spacial score (nSPS) is 27.7. The van der Waals surface area contributed by atoms with Crippen LogP contribution >= 0.6 is 47.0 Å². The zero-order valence-corrected chi connectivity index (χ0v) is 12.8. The van der Waals surface area contributed by atoms with Gasteiger partial charge in [-0.3, -0.25) is 5.32 Å². The molecule has 0 aromatic rings. The van der Waals surface area contributed by atoms with Crippen molar-refractivity contribution >= 4 is 53.1 Å². The standard InChI is InChI=1S/C10H10N2O2S4/c1-3-4(2)16-8(15-3)9-17-5-6(13)11-10(14)12-7(5)18-9/h7,13H,1-2H3,(H2,11,12,14). The molecule has 3 rings (SSSR count). The van der Waals surface area contributed by atoms with E-state index in [0.29, 0.717) is 0 Å². The lowest BCUT2D eigenvalue weighted by molar-refractivity contribution is 0.232. The van der Waals surface area contributed by atoms with E-state index in [1.54, 1.807) is 35.3 Å². The Bertz CT molecular complexity index is 522. The number of allylic oxidation sites excluding steroid dienone is 2. The van der Waals surface area contributed by atoms with E-state index in [9.17, 15) is 9.90 Å². The van der Waals surface area contributed by atoms with Crippen LogP contribution in [0.1, 0.15) is 13.8 Å². The molecule has 0 aliphatic carbocycles. The van der Waals surface area contributed by atoms with E-state index in [-0.39, 0.29) is 17.3 Å². The number of fused-ring (bicyclic) bond motifs is 1. The number of aliphatic hydroxyl groups excluding tert-OH is 1. The van der Waals surface area contributed by atoms with Gasteiger partial charge in [0.2, 0.25) is 5.88 Å². The van der Waals surface area contributed by atoms with Gasteiger partial charge in [0.25, 0.3) is 0 Å². The Morgan fingerprint density at radius 3 is 2.44 bits per heavy atom. The van der Waals surface area contributed by atoms with Gasteiger partial charge >= 0.3 is 6.03 Å². The van der Waals surface area contributed by atoms with E-state index >= 15 is 0 Å². The lowest BCUT2D eigenvalue weighted by Crippen LogP contribution is -2.45. The molecule has 1 unspecified atom stereocenters. The summed E-state index contributed by atoms with van der Waals surface area (Å²) in [5.41, 5.74) is 0. The first-order chi connectivity index (χ1) is 8.54. The van der Waals surface area contributed by atoms with Crippen molar-refractivity contribution in [1.82, 2.24) is 10.6 Å². The summed E-state index contributed by atoms with van der Waals surface area (Å²) < 4.78 is 2.39. The van der Waals surface area contributed by atoms with Gasteiger partial charge in [-0.25, -0.2) is 4.79 Å². The van der Waals surface area contributed by atoms with Crippen molar-refractivity contribution in [2.24, 2.45) is 0 Å². The molecule has 18 heavy (non-hydrogen) atoms. The number of carbonyl (C=O) groups is 1. The highest BCUT2D eigenvalue weighted by atomic mass is 32.2. The Balaban J connectivity index is 1.87. The Morgan fingerprint density at radius 1 is 1.11 bits per heavy atom. The molecule has 4 nitrogen and oxygen atoms in total. The predicted molar refractivity (Wildman–Crippen MR) is 80.9 cm³/mol. The van der Waals surface area contributed by atoms with Crippen LogP contribution in [0.3, 0.4) is 0 Å². The molecule has 96 valence electrons. The third kappa shape index (κ3) is 2.15. The summed E-state index contributed by atoms with van der Waals surface area (Å²) in [5, 5.41) is 14.8. The van der Waals surface area contributed by atoms with Crippen LogP contribution in [0.25, 0.3) is 0 Å². The maximum Gasteiger partial charge on any atom is 0.322 e. The van der Waals surface area contributed by atoms with Gasteiger partial charge in [0.05, 0.1) is 13.4 Å². The maximum atomic E-state index is 11.3. The zero-order valence-electron chi connectivity index (χ0n) is 9.57. The van der Waals surface area contributed by atoms with Crippen LogP contribution in [0, 0.1) is 0 Å². The van der Waals surface area contributed by atoms with E-state index in [0.717, 1.165) is 9.14 Å². The minimum Gasteiger partial charge on any atom is -0.494 e. The summed E-state index contributed by atoms with van der Waals surface area (Å²) in [6.07, 6.45) is 0.